The van der Waals surface area contributed by atoms with Crippen molar-refractivity contribution in [2.75, 3.05) is 5.75 Å². The van der Waals surface area contributed by atoms with E-state index in [1.165, 1.54) is 37.4 Å². The number of carboxylic acids is 1. The van der Waals surface area contributed by atoms with Gasteiger partial charge in [-0.15, -0.1) is 0 Å². The number of nitrogens with zero attached hydrogens (tertiary/aromatic N) is 3. The summed E-state index contributed by atoms with van der Waals surface area (Å²) in [7, 11) is 0. The van der Waals surface area contributed by atoms with Gasteiger partial charge in [-0.1, -0.05) is 24.6 Å². The molecule has 0 saturated heterocycles. The summed E-state index contributed by atoms with van der Waals surface area (Å²) in [5.74, 6) is -0.116. The third-order valence-corrected chi connectivity index (χ3v) is 4.67. The molecule has 106 valence electrons. The molecule has 1 fully saturated rings. The first-order valence-corrected chi connectivity index (χ1v) is 7.88. The van der Waals surface area contributed by atoms with Crippen LogP contribution in [0.2, 0.25) is 0 Å². The number of aromatic nitrogens is 3. The third-order valence-electron chi connectivity index (χ3n) is 3.71. The molecule has 1 N–H and O–H groups in total. The van der Waals surface area contributed by atoms with Gasteiger partial charge in [-0.05, 0) is 30.9 Å². The molecule has 2 heterocycles. The zero-order valence-corrected chi connectivity index (χ0v) is 12.0. The number of thioether (sulfide) groups is 1. The first-order chi connectivity index (χ1) is 9.74. The lowest BCUT2D eigenvalue weighted by molar-refractivity contribution is -0.133. The summed E-state index contributed by atoms with van der Waals surface area (Å²) in [4.78, 5) is 19.7. The Morgan fingerprint density at radius 3 is 3.00 bits per heavy atom. The van der Waals surface area contributed by atoms with E-state index in [0.717, 1.165) is 22.9 Å². The Kier molecular flexibility index (Phi) is 3.91. The Morgan fingerprint density at radius 1 is 1.45 bits per heavy atom. The third kappa shape index (κ3) is 2.80. The lowest BCUT2D eigenvalue weighted by Crippen LogP contribution is -2.10. The van der Waals surface area contributed by atoms with E-state index in [2.05, 4.69) is 14.5 Å². The van der Waals surface area contributed by atoms with Crippen molar-refractivity contribution in [3.8, 4) is 0 Å². The second-order valence-electron chi connectivity index (χ2n) is 5.18. The molecule has 2 aromatic heterocycles. The monoisotopic (exact) mass is 291 g/mol. The molecule has 2 aromatic rings. The minimum Gasteiger partial charge on any atom is -0.481 e. The molecule has 0 atom stereocenters. The Bertz CT molecular complexity index is 620. The summed E-state index contributed by atoms with van der Waals surface area (Å²) < 4.78 is 2.10. The molecule has 0 aliphatic heterocycles. The first kappa shape index (κ1) is 13.4. The van der Waals surface area contributed by atoms with E-state index in [9.17, 15) is 4.79 Å². The molecule has 0 spiro atoms. The Labute approximate surface area is 121 Å². The quantitative estimate of drug-likeness (QED) is 0.858. The van der Waals surface area contributed by atoms with Crippen LogP contribution in [0.25, 0.3) is 11.2 Å². The van der Waals surface area contributed by atoms with Gasteiger partial charge in [0.25, 0.3) is 0 Å². The van der Waals surface area contributed by atoms with Gasteiger partial charge in [0.05, 0.1) is 5.75 Å². The fourth-order valence-electron chi connectivity index (χ4n) is 2.79. The highest BCUT2D eigenvalue weighted by Crippen LogP contribution is 2.30. The summed E-state index contributed by atoms with van der Waals surface area (Å²) in [6.45, 7) is 0.898. The number of carbonyl (C=O) groups is 1. The number of hydrogen-bond donors (Lipinski definition) is 1. The van der Waals surface area contributed by atoms with Crippen molar-refractivity contribution in [1.29, 1.82) is 0 Å². The van der Waals surface area contributed by atoms with Crippen LogP contribution in [-0.2, 0) is 11.3 Å². The van der Waals surface area contributed by atoms with Crippen molar-refractivity contribution in [2.45, 2.75) is 37.4 Å². The fourth-order valence-corrected chi connectivity index (χ4v) is 3.52. The number of aliphatic carboxylic acids is 1. The van der Waals surface area contributed by atoms with E-state index in [0.29, 0.717) is 5.92 Å². The van der Waals surface area contributed by atoms with Crippen molar-refractivity contribution < 1.29 is 9.90 Å². The van der Waals surface area contributed by atoms with Crippen LogP contribution in [0.1, 0.15) is 25.7 Å². The predicted octanol–water partition coefficient (Wildman–Crippen LogP) is 2.80. The minimum atomic E-state index is -0.817. The molecule has 6 heteroatoms. The molecule has 1 aliphatic carbocycles. The largest absolute Gasteiger partial charge is 0.481 e. The Hall–Kier alpha value is -1.56. The molecular weight excluding hydrogens is 274 g/mol. The maximum Gasteiger partial charge on any atom is 0.313 e. The van der Waals surface area contributed by atoms with E-state index in [-0.39, 0.29) is 5.75 Å². The van der Waals surface area contributed by atoms with Gasteiger partial charge in [-0.2, -0.15) is 0 Å². The van der Waals surface area contributed by atoms with Crippen molar-refractivity contribution in [3.05, 3.63) is 18.3 Å². The van der Waals surface area contributed by atoms with Gasteiger partial charge in [0.2, 0.25) is 0 Å². The molecule has 5 nitrogen and oxygen atoms in total. The topological polar surface area (TPSA) is 68.0 Å². The second-order valence-corrected chi connectivity index (χ2v) is 6.13. The van der Waals surface area contributed by atoms with Crippen LogP contribution in [-0.4, -0.2) is 31.4 Å². The zero-order valence-electron chi connectivity index (χ0n) is 11.2. The maximum atomic E-state index is 10.8. The van der Waals surface area contributed by atoms with E-state index < -0.39 is 5.97 Å². The first-order valence-electron chi connectivity index (χ1n) is 6.90. The summed E-state index contributed by atoms with van der Waals surface area (Å²) in [5.41, 5.74) is 1.71. The summed E-state index contributed by atoms with van der Waals surface area (Å²) in [6, 6.07) is 3.79. The number of carboxylic acid groups (broad SMARTS) is 1. The van der Waals surface area contributed by atoms with E-state index >= 15 is 0 Å². The van der Waals surface area contributed by atoms with Crippen molar-refractivity contribution in [1.82, 2.24) is 14.5 Å². The number of rotatable bonds is 5. The lowest BCUT2D eigenvalue weighted by atomic mass is 10.1. The van der Waals surface area contributed by atoms with Gasteiger partial charge in [-0.25, -0.2) is 9.97 Å². The molecule has 20 heavy (non-hydrogen) atoms. The maximum absolute atomic E-state index is 10.8. The van der Waals surface area contributed by atoms with Crippen LogP contribution in [0, 0.1) is 5.92 Å². The number of hydrogen-bond acceptors (Lipinski definition) is 4. The van der Waals surface area contributed by atoms with Crippen LogP contribution < -0.4 is 0 Å². The smallest absolute Gasteiger partial charge is 0.313 e. The van der Waals surface area contributed by atoms with Crippen molar-refractivity contribution >= 4 is 28.9 Å². The van der Waals surface area contributed by atoms with E-state index in [1.807, 2.05) is 12.1 Å². The molecule has 3 rings (SSSR count). The highest BCUT2D eigenvalue weighted by molar-refractivity contribution is 7.99. The Balaban J connectivity index is 1.91. The molecule has 1 saturated carbocycles. The SMILES string of the molecule is O=C(O)CSc1nc2cccnc2n1CC1CCCC1. The number of pyridine rings is 1. The van der Waals surface area contributed by atoms with Gasteiger partial charge < -0.3 is 9.67 Å². The van der Waals surface area contributed by atoms with Gasteiger partial charge in [0.15, 0.2) is 10.8 Å². The average molecular weight is 291 g/mol. The van der Waals surface area contributed by atoms with Gasteiger partial charge in [0.1, 0.15) is 5.52 Å². The average Bonchev–Trinajstić information content (AvgIpc) is 3.05. The lowest BCUT2D eigenvalue weighted by Gasteiger charge is -2.12. The number of imidazole rings is 1. The van der Waals surface area contributed by atoms with Crippen LogP contribution in [0.3, 0.4) is 0 Å². The van der Waals surface area contributed by atoms with Crippen LogP contribution >= 0.6 is 11.8 Å². The van der Waals surface area contributed by atoms with E-state index in [4.69, 9.17) is 5.11 Å². The summed E-state index contributed by atoms with van der Waals surface area (Å²) >= 11 is 1.28. The Morgan fingerprint density at radius 2 is 2.25 bits per heavy atom. The molecular formula is C14H17N3O2S. The molecule has 0 radical (unpaired) electrons. The van der Waals surface area contributed by atoms with Gasteiger partial charge in [0, 0.05) is 12.7 Å². The molecule has 0 bridgehead atoms. The van der Waals surface area contributed by atoms with E-state index in [1.54, 1.807) is 6.20 Å². The van der Waals surface area contributed by atoms with Crippen molar-refractivity contribution in [3.63, 3.8) is 0 Å². The standard InChI is InChI=1S/C14H17N3O2S/c18-12(19)9-20-14-16-11-6-3-7-15-13(11)17(14)8-10-4-1-2-5-10/h3,6-7,10H,1-2,4-5,8-9H2,(H,18,19). The van der Waals surface area contributed by atoms with Crippen LogP contribution in [0.15, 0.2) is 23.5 Å². The zero-order chi connectivity index (χ0) is 13.9. The van der Waals surface area contributed by atoms with Crippen LogP contribution in [0.5, 0.6) is 0 Å². The van der Waals surface area contributed by atoms with Crippen molar-refractivity contribution in [2.24, 2.45) is 5.92 Å². The van der Waals surface area contributed by atoms with Crippen LogP contribution in [0.4, 0.5) is 0 Å². The van der Waals surface area contributed by atoms with Gasteiger partial charge >= 0.3 is 5.97 Å². The number of fused-ring (bicyclic) bond motifs is 1. The molecule has 0 amide bonds. The summed E-state index contributed by atoms with van der Waals surface area (Å²) in [6.07, 6.45) is 6.84. The highest BCUT2D eigenvalue weighted by atomic mass is 32.2. The highest BCUT2D eigenvalue weighted by Gasteiger charge is 2.20. The van der Waals surface area contributed by atoms with Gasteiger partial charge in [-0.3, -0.25) is 4.79 Å². The summed E-state index contributed by atoms with van der Waals surface area (Å²) in [5, 5.41) is 9.62. The molecule has 0 unspecified atom stereocenters. The predicted molar refractivity (Wildman–Crippen MR) is 77.8 cm³/mol. The molecule has 0 aromatic carbocycles. The minimum absolute atomic E-state index is 0.0357. The normalized spacial score (nSPS) is 16.0. The molecule has 1 aliphatic rings. The second kappa shape index (κ2) is 5.83. The fraction of sp³-hybridized carbons (Fsp3) is 0.500.